The van der Waals surface area contributed by atoms with Crippen LogP contribution in [0.25, 0.3) is 0 Å². The SMILES string of the molecule is CCn1cc(N)c(C(=O)NCCCn2ncc(Cl)c2C)n1. The van der Waals surface area contributed by atoms with E-state index < -0.39 is 0 Å². The number of nitrogens with zero attached hydrogens (tertiary/aromatic N) is 4. The van der Waals surface area contributed by atoms with Crippen molar-refractivity contribution in [2.75, 3.05) is 12.3 Å². The highest BCUT2D eigenvalue weighted by Gasteiger charge is 2.13. The molecule has 21 heavy (non-hydrogen) atoms. The van der Waals surface area contributed by atoms with E-state index in [4.69, 9.17) is 17.3 Å². The molecule has 114 valence electrons. The molecular weight excluding hydrogens is 292 g/mol. The Morgan fingerprint density at radius 2 is 2.29 bits per heavy atom. The monoisotopic (exact) mass is 310 g/mol. The largest absolute Gasteiger partial charge is 0.396 e. The first kappa shape index (κ1) is 15.4. The van der Waals surface area contributed by atoms with Crippen molar-refractivity contribution in [3.05, 3.63) is 28.8 Å². The van der Waals surface area contributed by atoms with Gasteiger partial charge in [-0.2, -0.15) is 10.2 Å². The fourth-order valence-corrected chi connectivity index (χ4v) is 2.08. The molecule has 2 aromatic rings. The minimum absolute atomic E-state index is 0.255. The van der Waals surface area contributed by atoms with Crippen molar-refractivity contribution in [1.82, 2.24) is 24.9 Å². The number of aryl methyl sites for hydroxylation is 2. The van der Waals surface area contributed by atoms with Gasteiger partial charge in [-0.1, -0.05) is 11.6 Å². The minimum atomic E-state index is -0.255. The molecule has 0 radical (unpaired) electrons. The van der Waals surface area contributed by atoms with Crippen molar-refractivity contribution < 1.29 is 4.79 Å². The third-order valence-corrected chi connectivity index (χ3v) is 3.58. The van der Waals surface area contributed by atoms with E-state index in [0.717, 1.165) is 12.1 Å². The number of halogens is 1. The first-order valence-corrected chi connectivity index (χ1v) is 7.19. The van der Waals surface area contributed by atoms with Crippen LogP contribution in [0.1, 0.15) is 29.5 Å². The number of amides is 1. The summed E-state index contributed by atoms with van der Waals surface area (Å²) in [4.78, 5) is 12.0. The lowest BCUT2D eigenvalue weighted by Gasteiger charge is -2.06. The fourth-order valence-electron chi connectivity index (χ4n) is 1.94. The average Bonchev–Trinajstić information content (AvgIpc) is 3.00. The lowest BCUT2D eigenvalue weighted by Crippen LogP contribution is -2.26. The lowest BCUT2D eigenvalue weighted by molar-refractivity contribution is 0.0947. The maximum absolute atomic E-state index is 12.0. The van der Waals surface area contributed by atoms with E-state index in [1.807, 2.05) is 18.5 Å². The molecule has 2 heterocycles. The van der Waals surface area contributed by atoms with Gasteiger partial charge in [0.1, 0.15) is 0 Å². The van der Waals surface area contributed by atoms with Crippen LogP contribution >= 0.6 is 11.6 Å². The van der Waals surface area contributed by atoms with Gasteiger partial charge in [-0.25, -0.2) is 0 Å². The van der Waals surface area contributed by atoms with Gasteiger partial charge >= 0.3 is 0 Å². The predicted octanol–water partition coefficient (Wildman–Crippen LogP) is 1.46. The summed E-state index contributed by atoms with van der Waals surface area (Å²) in [6, 6.07) is 0. The van der Waals surface area contributed by atoms with E-state index in [-0.39, 0.29) is 11.6 Å². The summed E-state index contributed by atoms with van der Waals surface area (Å²) >= 11 is 5.93. The van der Waals surface area contributed by atoms with Gasteiger partial charge in [0.05, 0.1) is 22.6 Å². The topological polar surface area (TPSA) is 90.8 Å². The minimum Gasteiger partial charge on any atom is -0.396 e. The Morgan fingerprint density at radius 3 is 2.86 bits per heavy atom. The molecule has 0 saturated heterocycles. The van der Waals surface area contributed by atoms with Crippen LogP contribution in [-0.2, 0) is 13.1 Å². The lowest BCUT2D eigenvalue weighted by atomic mass is 10.3. The van der Waals surface area contributed by atoms with Gasteiger partial charge < -0.3 is 11.1 Å². The quantitative estimate of drug-likeness (QED) is 0.790. The van der Waals surface area contributed by atoms with Gasteiger partial charge in [0.25, 0.3) is 5.91 Å². The van der Waals surface area contributed by atoms with Crippen molar-refractivity contribution in [1.29, 1.82) is 0 Å². The number of rotatable bonds is 6. The van der Waals surface area contributed by atoms with Crippen molar-refractivity contribution in [3.63, 3.8) is 0 Å². The molecule has 0 spiro atoms. The highest BCUT2D eigenvalue weighted by molar-refractivity contribution is 6.31. The Kier molecular flexibility index (Phi) is 4.85. The number of aromatic nitrogens is 4. The van der Waals surface area contributed by atoms with Crippen LogP contribution in [0.15, 0.2) is 12.4 Å². The Morgan fingerprint density at radius 1 is 1.52 bits per heavy atom. The number of carbonyl (C=O) groups is 1. The van der Waals surface area contributed by atoms with E-state index in [1.54, 1.807) is 17.1 Å². The van der Waals surface area contributed by atoms with E-state index >= 15 is 0 Å². The maximum Gasteiger partial charge on any atom is 0.273 e. The van der Waals surface area contributed by atoms with Crippen molar-refractivity contribution in [3.8, 4) is 0 Å². The molecule has 0 aliphatic carbocycles. The Bertz CT molecular complexity index is 633. The summed E-state index contributed by atoms with van der Waals surface area (Å²) in [7, 11) is 0. The Hall–Kier alpha value is -2.02. The smallest absolute Gasteiger partial charge is 0.273 e. The van der Waals surface area contributed by atoms with Gasteiger partial charge in [-0.15, -0.1) is 0 Å². The van der Waals surface area contributed by atoms with Crippen LogP contribution in [0.5, 0.6) is 0 Å². The molecule has 0 bridgehead atoms. The van der Waals surface area contributed by atoms with Crippen LogP contribution in [0, 0.1) is 6.92 Å². The van der Waals surface area contributed by atoms with Crippen molar-refractivity contribution >= 4 is 23.2 Å². The van der Waals surface area contributed by atoms with Crippen LogP contribution in [0.4, 0.5) is 5.69 Å². The zero-order chi connectivity index (χ0) is 15.4. The highest BCUT2D eigenvalue weighted by atomic mass is 35.5. The highest BCUT2D eigenvalue weighted by Crippen LogP contribution is 2.13. The molecule has 0 aliphatic rings. The summed E-state index contributed by atoms with van der Waals surface area (Å²) in [6.07, 6.45) is 4.02. The third kappa shape index (κ3) is 3.55. The Balaban J connectivity index is 1.81. The standard InChI is InChI=1S/C13H19ClN6O/c1-3-19-8-11(15)12(18-19)13(21)16-5-4-6-20-9(2)10(14)7-17-20/h7-8H,3-6,15H2,1-2H3,(H,16,21). The van der Waals surface area contributed by atoms with E-state index in [2.05, 4.69) is 15.5 Å². The normalized spacial score (nSPS) is 10.8. The molecule has 2 aromatic heterocycles. The molecule has 0 saturated carbocycles. The second-order valence-corrected chi connectivity index (χ2v) is 5.11. The average molecular weight is 311 g/mol. The van der Waals surface area contributed by atoms with Crippen molar-refractivity contribution in [2.45, 2.75) is 33.4 Å². The molecule has 0 unspecified atom stereocenters. The molecule has 8 heteroatoms. The number of hydrogen-bond acceptors (Lipinski definition) is 4. The first-order chi connectivity index (χ1) is 10.0. The third-order valence-electron chi connectivity index (χ3n) is 3.20. The number of hydrogen-bond donors (Lipinski definition) is 2. The van der Waals surface area contributed by atoms with Gasteiger partial charge in [-0.3, -0.25) is 14.2 Å². The summed E-state index contributed by atoms with van der Waals surface area (Å²) in [5.41, 5.74) is 7.35. The van der Waals surface area contributed by atoms with Gasteiger partial charge in [-0.05, 0) is 20.3 Å². The zero-order valence-electron chi connectivity index (χ0n) is 12.1. The first-order valence-electron chi connectivity index (χ1n) is 6.82. The van der Waals surface area contributed by atoms with Gasteiger partial charge in [0.2, 0.25) is 0 Å². The van der Waals surface area contributed by atoms with Crippen LogP contribution in [-0.4, -0.2) is 32.0 Å². The predicted molar refractivity (Wildman–Crippen MR) is 81.2 cm³/mol. The van der Waals surface area contributed by atoms with E-state index in [0.29, 0.717) is 30.3 Å². The maximum atomic E-state index is 12.0. The number of carbonyl (C=O) groups excluding carboxylic acids is 1. The van der Waals surface area contributed by atoms with E-state index in [1.165, 1.54) is 0 Å². The van der Waals surface area contributed by atoms with Gasteiger partial charge in [0.15, 0.2) is 5.69 Å². The van der Waals surface area contributed by atoms with E-state index in [9.17, 15) is 4.79 Å². The number of anilines is 1. The molecule has 2 rings (SSSR count). The van der Waals surface area contributed by atoms with Crippen LogP contribution in [0.2, 0.25) is 5.02 Å². The van der Waals surface area contributed by atoms with Crippen LogP contribution < -0.4 is 11.1 Å². The molecule has 3 N–H and O–H groups in total. The van der Waals surface area contributed by atoms with Crippen LogP contribution in [0.3, 0.4) is 0 Å². The summed E-state index contributed by atoms with van der Waals surface area (Å²) in [5, 5.41) is 11.7. The molecule has 7 nitrogen and oxygen atoms in total. The second-order valence-electron chi connectivity index (χ2n) is 4.70. The summed E-state index contributed by atoms with van der Waals surface area (Å²) in [5.74, 6) is -0.255. The number of nitrogens with two attached hydrogens (primary N) is 1. The molecular formula is C13H19ClN6O. The fraction of sp³-hybridized carbons (Fsp3) is 0.462. The molecule has 0 aliphatic heterocycles. The summed E-state index contributed by atoms with van der Waals surface area (Å²) in [6.45, 7) is 5.74. The number of nitrogens with one attached hydrogen (secondary N) is 1. The molecule has 1 amide bonds. The molecule has 0 fully saturated rings. The molecule has 0 aromatic carbocycles. The zero-order valence-corrected chi connectivity index (χ0v) is 12.9. The van der Waals surface area contributed by atoms with Crippen molar-refractivity contribution in [2.24, 2.45) is 0 Å². The number of nitrogen functional groups attached to an aromatic ring is 1. The Labute approximate surface area is 128 Å². The van der Waals surface area contributed by atoms with Gasteiger partial charge in [0, 0.05) is 25.8 Å². The second kappa shape index (κ2) is 6.62. The summed E-state index contributed by atoms with van der Waals surface area (Å²) < 4.78 is 3.45. The molecule has 0 atom stereocenters.